The third kappa shape index (κ3) is 5.33. The van der Waals surface area contributed by atoms with Crippen LogP contribution in [0.1, 0.15) is 36.0 Å². The van der Waals surface area contributed by atoms with E-state index < -0.39 is 17.9 Å². The Morgan fingerprint density at radius 3 is 2.74 bits per heavy atom. The fourth-order valence-corrected chi connectivity index (χ4v) is 6.01. The molecule has 1 amide bonds. The summed E-state index contributed by atoms with van der Waals surface area (Å²) in [4.78, 5) is 41.6. The van der Waals surface area contributed by atoms with Crippen molar-refractivity contribution < 1.29 is 19.5 Å². The third-order valence-electron chi connectivity index (χ3n) is 6.48. The van der Waals surface area contributed by atoms with Gasteiger partial charge < -0.3 is 15.4 Å². The zero-order chi connectivity index (χ0) is 24.2. The molecule has 1 aliphatic rings. The van der Waals surface area contributed by atoms with E-state index in [0.717, 1.165) is 46.6 Å². The van der Waals surface area contributed by atoms with Crippen LogP contribution in [0.25, 0.3) is 10.9 Å². The monoisotopic (exact) mass is 496 g/mol. The maximum Gasteiger partial charge on any atom is 0.326 e. The summed E-state index contributed by atoms with van der Waals surface area (Å²) in [6.45, 7) is 1.49. The van der Waals surface area contributed by atoms with E-state index in [4.69, 9.17) is 0 Å². The van der Waals surface area contributed by atoms with Crippen LogP contribution < -0.4 is 5.32 Å². The number of nitrogens with one attached hydrogen (secondary N) is 2. The number of hydrogen-bond acceptors (Lipinski definition) is 5. The first kappa shape index (κ1) is 24.4. The van der Waals surface area contributed by atoms with Crippen molar-refractivity contribution in [3.05, 3.63) is 65.4 Å². The highest BCUT2D eigenvalue weighted by molar-refractivity contribution is 8.13. The van der Waals surface area contributed by atoms with Crippen LogP contribution in [0.2, 0.25) is 0 Å². The number of carboxylic acid groups (broad SMARTS) is 1. The number of carboxylic acids is 1. The van der Waals surface area contributed by atoms with E-state index in [1.165, 1.54) is 17.4 Å². The second kappa shape index (κ2) is 10.7. The molecule has 0 bridgehead atoms. The number of aromatic amines is 1. The van der Waals surface area contributed by atoms with E-state index in [2.05, 4.69) is 28.5 Å². The Morgan fingerprint density at radius 2 is 2.00 bits per heavy atom. The predicted molar refractivity (Wildman–Crippen MR) is 137 cm³/mol. The molecule has 34 heavy (non-hydrogen) atoms. The van der Waals surface area contributed by atoms with Crippen molar-refractivity contribution in [1.82, 2.24) is 10.3 Å². The number of aryl methyl sites for hydroxylation is 1. The van der Waals surface area contributed by atoms with Gasteiger partial charge in [0, 0.05) is 41.1 Å². The summed E-state index contributed by atoms with van der Waals surface area (Å²) in [6.07, 6.45) is 5.70. The smallest absolute Gasteiger partial charge is 0.326 e. The van der Waals surface area contributed by atoms with Crippen LogP contribution >= 0.6 is 23.5 Å². The third-order valence-corrected chi connectivity index (χ3v) is 8.13. The van der Waals surface area contributed by atoms with Gasteiger partial charge in [-0.2, -0.15) is 0 Å². The Kier molecular flexibility index (Phi) is 7.68. The minimum atomic E-state index is -1.08. The first-order valence-electron chi connectivity index (χ1n) is 11.3. The van der Waals surface area contributed by atoms with Crippen molar-refractivity contribution >= 4 is 51.4 Å². The number of aromatic nitrogens is 1. The lowest BCUT2D eigenvalue weighted by Crippen LogP contribution is -2.46. The van der Waals surface area contributed by atoms with Crippen molar-refractivity contribution in [3.8, 4) is 0 Å². The zero-order valence-electron chi connectivity index (χ0n) is 19.2. The van der Waals surface area contributed by atoms with E-state index >= 15 is 0 Å². The Hall–Kier alpha value is -2.71. The lowest BCUT2D eigenvalue weighted by atomic mass is 9.87. The molecule has 0 saturated carbocycles. The molecule has 0 saturated heterocycles. The standard InChI is InChI=1S/C26H28N2O4S2/c1-15(29)34-14-22(21-9-7-16-11-18(33-2)8-10-19(16)21)25(30)28-24(26(31)32)12-17-13-27-23-6-4-3-5-20(17)23/h3-6,8,10-11,13,21-22,24,27H,7,9,12,14H2,1-2H3,(H,28,30)(H,31,32). The number of para-hydroxylation sites is 1. The SMILES string of the molecule is CSc1ccc2c(c1)CCC2C(CSC(C)=O)C(=O)NC(Cc1c[nH]c2ccccc12)C(=O)O. The largest absolute Gasteiger partial charge is 0.480 e. The predicted octanol–water partition coefficient (Wildman–Crippen LogP) is 4.63. The minimum absolute atomic E-state index is 0.0414. The number of carbonyl (C=O) groups is 3. The van der Waals surface area contributed by atoms with Crippen LogP contribution in [-0.4, -0.2) is 45.1 Å². The van der Waals surface area contributed by atoms with Crippen molar-refractivity contribution in [2.45, 2.75) is 43.0 Å². The first-order valence-corrected chi connectivity index (χ1v) is 13.5. The number of amides is 1. The number of hydrogen-bond donors (Lipinski definition) is 3. The Bertz CT molecular complexity index is 1220. The number of H-pyrrole nitrogens is 1. The van der Waals surface area contributed by atoms with Gasteiger partial charge >= 0.3 is 5.97 Å². The van der Waals surface area contributed by atoms with Crippen LogP contribution in [0.4, 0.5) is 0 Å². The summed E-state index contributed by atoms with van der Waals surface area (Å²) in [7, 11) is 0. The maximum absolute atomic E-state index is 13.5. The number of fused-ring (bicyclic) bond motifs is 2. The summed E-state index contributed by atoms with van der Waals surface area (Å²) >= 11 is 2.81. The topological polar surface area (TPSA) is 99.3 Å². The highest BCUT2D eigenvalue weighted by Gasteiger charge is 2.36. The number of thioether (sulfide) groups is 2. The molecule has 4 rings (SSSR count). The average molecular weight is 497 g/mol. The zero-order valence-corrected chi connectivity index (χ0v) is 20.8. The lowest BCUT2D eigenvalue weighted by Gasteiger charge is -2.25. The second-order valence-corrected chi connectivity index (χ2v) is 10.7. The summed E-state index contributed by atoms with van der Waals surface area (Å²) in [5.41, 5.74) is 4.13. The Labute approximate surface area is 207 Å². The Balaban J connectivity index is 1.56. The molecule has 1 aliphatic carbocycles. The first-order chi connectivity index (χ1) is 16.4. The van der Waals surface area contributed by atoms with Gasteiger partial charge in [0.25, 0.3) is 0 Å². The van der Waals surface area contributed by atoms with Crippen LogP contribution in [0.5, 0.6) is 0 Å². The molecule has 1 aromatic heterocycles. The van der Waals surface area contributed by atoms with Crippen molar-refractivity contribution in [2.75, 3.05) is 12.0 Å². The molecule has 0 fully saturated rings. The van der Waals surface area contributed by atoms with Crippen LogP contribution in [0.15, 0.2) is 53.6 Å². The lowest BCUT2D eigenvalue weighted by molar-refractivity contribution is -0.142. The van der Waals surface area contributed by atoms with Crippen LogP contribution in [-0.2, 0) is 27.2 Å². The summed E-state index contributed by atoms with van der Waals surface area (Å²) in [6, 6.07) is 12.9. The van der Waals surface area contributed by atoms with E-state index in [1.807, 2.05) is 30.5 Å². The van der Waals surface area contributed by atoms with Gasteiger partial charge in [-0.15, -0.1) is 11.8 Å². The van der Waals surface area contributed by atoms with Crippen LogP contribution in [0.3, 0.4) is 0 Å². The van der Waals surface area contributed by atoms with Gasteiger partial charge in [0.15, 0.2) is 5.12 Å². The van der Waals surface area contributed by atoms with Gasteiger partial charge in [-0.3, -0.25) is 9.59 Å². The number of rotatable bonds is 9. The summed E-state index contributed by atoms with van der Waals surface area (Å²) < 4.78 is 0. The quantitative estimate of drug-likeness (QED) is 0.374. The van der Waals surface area contributed by atoms with Gasteiger partial charge in [-0.25, -0.2) is 4.79 Å². The molecular weight excluding hydrogens is 468 g/mol. The molecule has 3 unspecified atom stereocenters. The van der Waals surface area contributed by atoms with Gasteiger partial charge in [-0.05, 0) is 59.9 Å². The summed E-state index contributed by atoms with van der Waals surface area (Å²) in [5.74, 6) is -1.59. The Morgan fingerprint density at radius 1 is 1.21 bits per heavy atom. The van der Waals surface area contributed by atoms with Crippen LogP contribution in [0, 0.1) is 5.92 Å². The molecule has 0 spiro atoms. The molecule has 6 nitrogen and oxygen atoms in total. The highest BCUT2D eigenvalue weighted by Crippen LogP contribution is 2.41. The molecule has 0 aliphatic heterocycles. The second-order valence-electron chi connectivity index (χ2n) is 8.58. The number of carbonyl (C=O) groups excluding carboxylic acids is 2. The average Bonchev–Trinajstić information content (AvgIpc) is 3.42. The van der Waals surface area contributed by atoms with Crippen molar-refractivity contribution in [3.63, 3.8) is 0 Å². The minimum Gasteiger partial charge on any atom is -0.480 e. The van der Waals surface area contributed by atoms with Gasteiger partial charge in [-0.1, -0.05) is 36.0 Å². The molecule has 2 aromatic carbocycles. The van der Waals surface area contributed by atoms with Gasteiger partial charge in [0.05, 0.1) is 5.92 Å². The molecule has 1 heterocycles. The molecule has 3 N–H and O–H groups in total. The molecule has 178 valence electrons. The summed E-state index contributed by atoms with van der Waals surface area (Å²) in [5, 5.41) is 13.6. The maximum atomic E-state index is 13.5. The highest BCUT2D eigenvalue weighted by atomic mass is 32.2. The normalized spacial score (nSPS) is 16.7. The molecule has 8 heteroatoms. The van der Waals surface area contributed by atoms with E-state index in [1.54, 1.807) is 18.0 Å². The number of benzene rings is 2. The molecule has 3 aromatic rings. The fraction of sp³-hybridized carbons (Fsp3) is 0.346. The van der Waals surface area contributed by atoms with E-state index in [0.29, 0.717) is 5.75 Å². The van der Waals surface area contributed by atoms with E-state index in [-0.39, 0.29) is 23.4 Å². The van der Waals surface area contributed by atoms with Gasteiger partial charge in [0.1, 0.15) is 6.04 Å². The molecule has 3 atom stereocenters. The number of aliphatic carboxylic acids is 1. The van der Waals surface area contributed by atoms with Gasteiger partial charge in [0.2, 0.25) is 5.91 Å². The van der Waals surface area contributed by atoms with Crippen molar-refractivity contribution in [2.24, 2.45) is 5.92 Å². The van der Waals surface area contributed by atoms with E-state index in [9.17, 15) is 19.5 Å². The fourth-order valence-electron chi connectivity index (χ4n) is 4.75. The molecular formula is C26H28N2O4S2. The van der Waals surface area contributed by atoms with Crippen molar-refractivity contribution in [1.29, 1.82) is 0 Å². The molecule has 0 radical (unpaired) electrons.